The Hall–Kier alpha value is -2.29. The number of benzene rings is 1. The van der Waals surface area contributed by atoms with Crippen LogP contribution >= 0.6 is 11.3 Å². The van der Waals surface area contributed by atoms with Crippen LogP contribution < -0.4 is 0 Å². The molecule has 4 rings (SSSR count). The van der Waals surface area contributed by atoms with Crippen molar-refractivity contribution in [2.24, 2.45) is 0 Å². The number of fused-ring (bicyclic) bond motifs is 2. The van der Waals surface area contributed by atoms with Crippen molar-refractivity contribution in [2.45, 2.75) is 32.5 Å². The normalized spacial score (nSPS) is 15.7. The minimum absolute atomic E-state index is 0.0117. The van der Waals surface area contributed by atoms with E-state index in [-0.39, 0.29) is 5.91 Å². The average molecular weight is 400 g/mol. The number of aromatic nitrogens is 3. The van der Waals surface area contributed by atoms with Crippen LogP contribution in [0, 0.1) is 6.92 Å². The maximum atomic E-state index is 13.1. The van der Waals surface area contributed by atoms with Gasteiger partial charge in [0.25, 0.3) is 5.91 Å². The van der Waals surface area contributed by atoms with Crippen LogP contribution in [0.4, 0.5) is 0 Å². The number of rotatable bonds is 4. The summed E-state index contributed by atoms with van der Waals surface area (Å²) in [5.41, 5.74) is 3.17. The van der Waals surface area contributed by atoms with Crippen molar-refractivity contribution in [2.75, 3.05) is 27.2 Å². The van der Waals surface area contributed by atoms with Gasteiger partial charge < -0.3 is 14.9 Å². The van der Waals surface area contributed by atoms with Crippen molar-refractivity contribution in [1.29, 1.82) is 0 Å². The first-order chi connectivity index (χ1) is 13.4. The van der Waals surface area contributed by atoms with E-state index in [2.05, 4.69) is 10.1 Å². The summed E-state index contributed by atoms with van der Waals surface area (Å²) in [7, 11) is 3.84. The molecule has 3 aromatic rings. The van der Waals surface area contributed by atoms with Crippen LogP contribution in [0.5, 0.6) is 0 Å². The Labute approximate surface area is 168 Å². The third kappa shape index (κ3) is 3.80. The zero-order chi connectivity index (χ0) is 19.8. The van der Waals surface area contributed by atoms with Crippen LogP contribution in [0.1, 0.15) is 39.3 Å². The van der Waals surface area contributed by atoms with Gasteiger partial charge in [0.05, 0.1) is 33.2 Å². The summed E-state index contributed by atoms with van der Waals surface area (Å²) < 4.78 is 3.02. The Morgan fingerprint density at radius 3 is 2.93 bits per heavy atom. The second-order valence-electron chi connectivity index (χ2n) is 7.56. The summed E-state index contributed by atoms with van der Waals surface area (Å²) in [6.07, 6.45) is 0.204. The summed E-state index contributed by atoms with van der Waals surface area (Å²) in [5, 5.41) is 15.9. The first-order valence-electron chi connectivity index (χ1n) is 9.46. The lowest BCUT2D eigenvalue weighted by atomic mass is 10.1. The van der Waals surface area contributed by atoms with Crippen molar-refractivity contribution in [3.8, 4) is 0 Å². The lowest BCUT2D eigenvalue weighted by Crippen LogP contribution is -2.30. The molecule has 1 N–H and O–H groups in total. The van der Waals surface area contributed by atoms with Gasteiger partial charge in [-0.25, -0.2) is 4.98 Å². The van der Waals surface area contributed by atoms with Gasteiger partial charge in [-0.15, -0.1) is 11.3 Å². The number of nitrogens with zero attached hydrogens (tertiary/aromatic N) is 5. The second kappa shape index (κ2) is 7.62. The van der Waals surface area contributed by atoms with E-state index in [1.807, 2.05) is 59.8 Å². The zero-order valence-electron chi connectivity index (χ0n) is 16.4. The molecule has 28 heavy (non-hydrogen) atoms. The van der Waals surface area contributed by atoms with Gasteiger partial charge >= 0.3 is 0 Å². The van der Waals surface area contributed by atoms with E-state index in [0.717, 1.165) is 33.9 Å². The SMILES string of the molecule is Cc1nc2cc(C(=O)N3CCCn4nc(C(O)CN(C)C)cc4C3)ccc2s1. The molecule has 8 heteroatoms. The van der Waals surface area contributed by atoms with E-state index in [0.29, 0.717) is 30.9 Å². The Kier molecular flexibility index (Phi) is 5.18. The van der Waals surface area contributed by atoms with Crippen LogP contribution in [-0.4, -0.2) is 62.8 Å². The standard InChI is InChI=1S/C20H25N5O2S/c1-13-21-17-9-14(5-6-19(17)28-13)20(27)24-7-4-8-25-15(11-24)10-16(22-25)18(26)12-23(2)3/h5-6,9-10,18,26H,4,7-8,11-12H2,1-3H3. The van der Waals surface area contributed by atoms with E-state index < -0.39 is 6.10 Å². The smallest absolute Gasteiger partial charge is 0.254 e. The van der Waals surface area contributed by atoms with Crippen LogP contribution in [-0.2, 0) is 13.1 Å². The number of hydrogen-bond donors (Lipinski definition) is 1. The van der Waals surface area contributed by atoms with Gasteiger partial charge in [0, 0.05) is 25.2 Å². The van der Waals surface area contributed by atoms with Gasteiger partial charge in [0.15, 0.2) is 0 Å². The molecule has 1 amide bonds. The predicted molar refractivity (Wildman–Crippen MR) is 109 cm³/mol. The lowest BCUT2D eigenvalue weighted by Gasteiger charge is -2.20. The first-order valence-corrected chi connectivity index (χ1v) is 10.3. The minimum atomic E-state index is -0.631. The van der Waals surface area contributed by atoms with Gasteiger partial charge in [0.2, 0.25) is 0 Å². The maximum Gasteiger partial charge on any atom is 0.254 e. The topological polar surface area (TPSA) is 74.5 Å². The number of hydrogen-bond acceptors (Lipinski definition) is 6. The summed E-state index contributed by atoms with van der Waals surface area (Å²) in [4.78, 5) is 21.4. The van der Waals surface area contributed by atoms with Gasteiger partial charge in [0.1, 0.15) is 6.10 Å². The molecule has 0 saturated carbocycles. The molecule has 0 spiro atoms. The molecule has 0 saturated heterocycles. The molecule has 0 fully saturated rings. The van der Waals surface area contributed by atoms with Gasteiger partial charge in [-0.05, 0) is 51.7 Å². The van der Waals surface area contributed by atoms with Crippen molar-refractivity contribution in [3.63, 3.8) is 0 Å². The fourth-order valence-electron chi connectivity index (χ4n) is 3.62. The van der Waals surface area contributed by atoms with E-state index in [4.69, 9.17) is 0 Å². The number of likely N-dealkylation sites (N-methyl/N-ethyl adjacent to an activating group) is 1. The van der Waals surface area contributed by atoms with E-state index >= 15 is 0 Å². The molecule has 0 radical (unpaired) electrons. The average Bonchev–Trinajstić information content (AvgIpc) is 3.16. The van der Waals surface area contributed by atoms with Crippen LogP contribution in [0.15, 0.2) is 24.3 Å². The highest BCUT2D eigenvalue weighted by Crippen LogP contribution is 2.24. The molecule has 0 bridgehead atoms. The van der Waals surface area contributed by atoms with Crippen molar-refractivity contribution < 1.29 is 9.90 Å². The fraction of sp³-hybridized carbons (Fsp3) is 0.450. The predicted octanol–water partition coefficient (Wildman–Crippen LogP) is 2.44. The van der Waals surface area contributed by atoms with Gasteiger partial charge in [-0.2, -0.15) is 5.10 Å². The molecule has 1 atom stereocenters. The monoisotopic (exact) mass is 399 g/mol. The summed E-state index contributed by atoms with van der Waals surface area (Å²) in [6.45, 7) is 4.43. The Bertz CT molecular complexity index is 1010. The number of carbonyl (C=O) groups is 1. The van der Waals surface area contributed by atoms with Crippen molar-refractivity contribution >= 4 is 27.5 Å². The summed E-state index contributed by atoms with van der Waals surface area (Å²) in [6, 6.07) is 7.67. The quantitative estimate of drug-likeness (QED) is 0.729. The van der Waals surface area contributed by atoms with Crippen LogP contribution in [0.25, 0.3) is 10.2 Å². The number of aliphatic hydroxyl groups is 1. The second-order valence-corrected chi connectivity index (χ2v) is 8.79. The minimum Gasteiger partial charge on any atom is -0.385 e. The highest BCUT2D eigenvalue weighted by Gasteiger charge is 2.24. The molecular weight excluding hydrogens is 374 g/mol. The maximum absolute atomic E-state index is 13.1. The molecule has 7 nitrogen and oxygen atoms in total. The van der Waals surface area contributed by atoms with Crippen molar-refractivity contribution in [1.82, 2.24) is 24.6 Å². The van der Waals surface area contributed by atoms with E-state index in [1.54, 1.807) is 11.3 Å². The van der Waals surface area contributed by atoms with Crippen LogP contribution in [0.2, 0.25) is 0 Å². The molecule has 0 aliphatic carbocycles. The third-order valence-corrected chi connectivity index (χ3v) is 5.89. The van der Waals surface area contributed by atoms with Crippen molar-refractivity contribution in [3.05, 3.63) is 46.2 Å². The van der Waals surface area contributed by atoms with Gasteiger partial charge in [-0.1, -0.05) is 0 Å². The number of amides is 1. The molecular formula is C20H25N5O2S. The largest absolute Gasteiger partial charge is 0.385 e. The Morgan fingerprint density at radius 2 is 2.14 bits per heavy atom. The van der Waals surface area contributed by atoms with Crippen LogP contribution in [0.3, 0.4) is 0 Å². The summed E-state index contributed by atoms with van der Waals surface area (Å²) >= 11 is 1.64. The molecule has 1 aliphatic heterocycles. The number of aliphatic hydroxyl groups excluding tert-OH is 1. The number of aryl methyl sites for hydroxylation is 2. The van der Waals surface area contributed by atoms with E-state index in [1.165, 1.54) is 0 Å². The summed E-state index contributed by atoms with van der Waals surface area (Å²) in [5.74, 6) is 0.0117. The highest BCUT2D eigenvalue weighted by atomic mass is 32.1. The zero-order valence-corrected chi connectivity index (χ0v) is 17.2. The molecule has 1 unspecified atom stereocenters. The molecule has 3 heterocycles. The fourth-order valence-corrected chi connectivity index (χ4v) is 4.43. The van der Waals surface area contributed by atoms with E-state index in [9.17, 15) is 9.90 Å². The third-order valence-electron chi connectivity index (χ3n) is 4.94. The highest BCUT2D eigenvalue weighted by molar-refractivity contribution is 7.18. The molecule has 2 aromatic heterocycles. The Balaban J connectivity index is 1.55. The number of thiazole rings is 1. The lowest BCUT2D eigenvalue weighted by molar-refractivity contribution is 0.0746. The Morgan fingerprint density at radius 1 is 1.32 bits per heavy atom. The molecule has 148 valence electrons. The first kappa shape index (κ1) is 19.0. The van der Waals surface area contributed by atoms with Gasteiger partial charge in [-0.3, -0.25) is 9.48 Å². The number of carbonyl (C=O) groups excluding carboxylic acids is 1. The molecule has 1 aliphatic rings. The molecule has 1 aromatic carbocycles.